The molecule has 0 aliphatic heterocycles. The van der Waals surface area contributed by atoms with Gasteiger partial charge in [0.15, 0.2) is 6.10 Å². The largest absolute Gasteiger partial charge is 0.441 e. The number of amides is 1. The monoisotopic (exact) mass is 679 g/mol. The molecule has 0 saturated heterocycles. The summed E-state index contributed by atoms with van der Waals surface area (Å²) in [5.74, 6) is 0. The van der Waals surface area contributed by atoms with Gasteiger partial charge in [0, 0.05) is 26.3 Å². The molecule has 6 heteroatoms. The molecule has 0 atom stereocenters. The zero-order chi connectivity index (χ0) is 34.9. The van der Waals surface area contributed by atoms with Crippen molar-refractivity contribution in [3.8, 4) is 0 Å². The summed E-state index contributed by atoms with van der Waals surface area (Å²) in [6.07, 6.45) is 44.9. The number of unbranched alkanes of at least 4 members (excludes halogenated alkanes) is 24. The Morgan fingerprint density at radius 2 is 0.854 bits per heavy atom. The van der Waals surface area contributed by atoms with Gasteiger partial charge in [0.1, 0.15) is 0 Å². The van der Waals surface area contributed by atoms with Crippen LogP contribution >= 0.6 is 0 Å². The number of allylic oxidation sites excluding steroid dienone is 4. The van der Waals surface area contributed by atoms with Crippen LogP contribution in [0.25, 0.3) is 0 Å². The zero-order valence-corrected chi connectivity index (χ0v) is 32.1. The predicted molar refractivity (Wildman–Crippen MR) is 208 cm³/mol. The second-order valence-electron chi connectivity index (χ2n) is 13.8. The second-order valence-corrected chi connectivity index (χ2v) is 13.8. The molecule has 0 rings (SSSR count). The smallest absolute Gasteiger partial charge is 0.407 e. The molecule has 0 aromatic heterocycles. The Balaban J connectivity index is 3.76. The van der Waals surface area contributed by atoms with Crippen molar-refractivity contribution >= 4 is 6.09 Å². The van der Waals surface area contributed by atoms with Gasteiger partial charge in [-0.1, -0.05) is 154 Å². The van der Waals surface area contributed by atoms with Crippen LogP contribution in [-0.2, 0) is 14.2 Å². The summed E-state index contributed by atoms with van der Waals surface area (Å²) in [5.41, 5.74) is 5.50. The van der Waals surface area contributed by atoms with Crippen LogP contribution in [0.3, 0.4) is 0 Å². The van der Waals surface area contributed by atoms with Crippen molar-refractivity contribution in [2.24, 2.45) is 5.73 Å². The summed E-state index contributed by atoms with van der Waals surface area (Å²) in [7, 11) is 0. The van der Waals surface area contributed by atoms with Gasteiger partial charge in [-0.05, 0) is 64.2 Å². The van der Waals surface area contributed by atoms with E-state index in [1.807, 2.05) is 0 Å². The van der Waals surface area contributed by atoms with Crippen molar-refractivity contribution in [2.45, 2.75) is 200 Å². The fraction of sp³-hybridized carbons (Fsp3) is 0.881. The van der Waals surface area contributed by atoms with Crippen molar-refractivity contribution in [1.29, 1.82) is 0 Å². The van der Waals surface area contributed by atoms with E-state index in [1.165, 1.54) is 167 Å². The van der Waals surface area contributed by atoms with E-state index in [4.69, 9.17) is 19.9 Å². The molecule has 0 unspecified atom stereocenters. The molecule has 0 heterocycles. The molecular weight excluding hydrogens is 596 g/mol. The predicted octanol–water partition coefficient (Wildman–Crippen LogP) is 12.1. The van der Waals surface area contributed by atoms with Crippen LogP contribution in [-0.4, -0.2) is 51.7 Å². The second kappa shape index (κ2) is 41.8. The first-order valence-electron chi connectivity index (χ1n) is 20.8. The van der Waals surface area contributed by atoms with E-state index >= 15 is 0 Å². The van der Waals surface area contributed by atoms with E-state index < -0.39 is 12.2 Å². The van der Waals surface area contributed by atoms with Crippen molar-refractivity contribution in [3.63, 3.8) is 0 Å². The standard InChI is InChI=1S/C42H82N2O4/c1-3-5-7-9-11-13-15-17-19-21-23-25-27-29-31-33-37-46-39-41(48-42(45)44-36-35-43)40-47-38-34-32-30-28-26-24-22-20-18-16-14-12-10-8-6-4-2/h17-20,41H,3-16,21-40,43H2,1-2H3,(H,44,45). The Morgan fingerprint density at radius 1 is 0.521 bits per heavy atom. The highest BCUT2D eigenvalue weighted by molar-refractivity contribution is 5.67. The molecular formula is C42H82N2O4. The number of rotatable bonds is 39. The van der Waals surface area contributed by atoms with Crippen molar-refractivity contribution in [3.05, 3.63) is 24.3 Å². The van der Waals surface area contributed by atoms with Crippen LogP contribution in [0.2, 0.25) is 0 Å². The maximum absolute atomic E-state index is 12.1. The Hall–Kier alpha value is -1.37. The fourth-order valence-corrected chi connectivity index (χ4v) is 5.82. The normalized spacial score (nSPS) is 12.4. The minimum Gasteiger partial charge on any atom is -0.441 e. The molecule has 0 radical (unpaired) electrons. The van der Waals surface area contributed by atoms with Gasteiger partial charge in [-0.2, -0.15) is 0 Å². The lowest BCUT2D eigenvalue weighted by Crippen LogP contribution is -2.36. The average Bonchev–Trinajstić information content (AvgIpc) is 3.09. The van der Waals surface area contributed by atoms with Gasteiger partial charge >= 0.3 is 6.09 Å². The van der Waals surface area contributed by atoms with E-state index in [-0.39, 0.29) is 0 Å². The molecule has 0 aliphatic carbocycles. The highest BCUT2D eigenvalue weighted by Crippen LogP contribution is 2.12. The number of hydrogen-bond donors (Lipinski definition) is 2. The average molecular weight is 679 g/mol. The Bertz CT molecular complexity index is 639. The number of nitrogens with two attached hydrogens (primary N) is 1. The van der Waals surface area contributed by atoms with E-state index in [2.05, 4.69) is 43.5 Å². The molecule has 0 aromatic carbocycles. The van der Waals surface area contributed by atoms with Gasteiger partial charge in [0.05, 0.1) is 13.2 Å². The molecule has 3 N–H and O–H groups in total. The van der Waals surface area contributed by atoms with Crippen LogP contribution in [0.5, 0.6) is 0 Å². The van der Waals surface area contributed by atoms with E-state index in [9.17, 15) is 4.79 Å². The van der Waals surface area contributed by atoms with Gasteiger partial charge in [-0.25, -0.2) is 4.79 Å². The third-order valence-electron chi connectivity index (χ3n) is 8.90. The third kappa shape index (κ3) is 39.1. The summed E-state index contributed by atoms with van der Waals surface area (Å²) in [4.78, 5) is 12.1. The van der Waals surface area contributed by atoms with Crippen molar-refractivity contribution < 1.29 is 19.0 Å². The van der Waals surface area contributed by atoms with E-state index in [0.717, 1.165) is 12.8 Å². The van der Waals surface area contributed by atoms with Crippen LogP contribution in [0.4, 0.5) is 4.79 Å². The van der Waals surface area contributed by atoms with E-state index in [0.29, 0.717) is 39.5 Å². The molecule has 0 aromatic rings. The van der Waals surface area contributed by atoms with E-state index in [1.54, 1.807) is 0 Å². The van der Waals surface area contributed by atoms with Crippen molar-refractivity contribution in [2.75, 3.05) is 39.5 Å². The van der Waals surface area contributed by atoms with Gasteiger partial charge in [-0.3, -0.25) is 0 Å². The van der Waals surface area contributed by atoms with Gasteiger partial charge < -0.3 is 25.3 Å². The number of carbonyl (C=O) groups excluding carboxylic acids is 1. The summed E-state index contributed by atoms with van der Waals surface area (Å²) in [6, 6.07) is 0. The molecule has 0 spiro atoms. The first-order valence-corrected chi connectivity index (χ1v) is 20.8. The summed E-state index contributed by atoms with van der Waals surface area (Å²) < 4.78 is 17.3. The maximum Gasteiger partial charge on any atom is 0.407 e. The number of hydrogen-bond acceptors (Lipinski definition) is 5. The molecule has 48 heavy (non-hydrogen) atoms. The number of alkyl carbamates (subject to hydrolysis) is 1. The Labute approximate surface area is 299 Å². The topological polar surface area (TPSA) is 82.8 Å². The van der Waals surface area contributed by atoms with Crippen LogP contribution in [0.1, 0.15) is 194 Å². The highest BCUT2D eigenvalue weighted by Gasteiger charge is 2.15. The molecule has 0 fully saturated rings. The summed E-state index contributed by atoms with van der Waals surface area (Å²) in [5, 5.41) is 2.68. The third-order valence-corrected chi connectivity index (χ3v) is 8.90. The van der Waals surface area contributed by atoms with Crippen LogP contribution in [0.15, 0.2) is 24.3 Å². The molecule has 0 saturated carbocycles. The lowest BCUT2D eigenvalue weighted by Gasteiger charge is -2.18. The van der Waals surface area contributed by atoms with Crippen molar-refractivity contribution in [1.82, 2.24) is 5.32 Å². The molecule has 0 bridgehead atoms. The minimum atomic E-state index is -0.452. The van der Waals surface area contributed by atoms with Crippen LogP contribution < -0.4 is 11.1 Å². The summed E-state index contributed by atoms with van der Waals surface area (Å²) in [6.45, 7) is 7.47. The Morgan fingerprint density at radius 3 is 1.21 bits per heavy atom. The SMILES string of the molecule is CCCCCCCCC=CCCCCCCCCOCC(COCCCCCCCCC=CCCCCCCCC)OC(=O)NCCN. The molecule has 6 nitrogen and oxygen atoms in total. The fourth-order valence-electron chi connectivity index (χ4n) is 5.82. The number of nitrogens with one attached hydrogen (secondary N) is 1. The molecule has 0 aliphatic rings. The highest BCUT2D eigenvalue weighted by atomic mass is 16.6. The number of carbonyl (C=O) groups is 1. The zero-order valence-electron chi connectivity index (χ0n) is 32.1. The number of ether oxygens (including phenoxy) is 3. The molecule has 1 amide bonds. The lowest BCUT2D eigenvalue weighted by atomic mass is 10.1. The van der Waals surface area contributed by atoms with Gasteiger partial charge in [0.25, 0.3) is 0 Å². The Kier molecular flexibility index (Phi) is 40.6. The first kappa shape index (κ1) is 46.6. The lowest BCUT2D eigenvalue weighted by molar-refractivity contribution is -0.0291. The van der Waals surface area contributed by atoms with Gasteiger partial charge in [0.2, 0.25) is 0 Å². The minimum absolute atomic E-state index is 0.370. The first-order chi connectivity index (χ1) is 23.7. The van der Waals surface area contributed by atoms with Gasteiger partial charge in [-0.15, -0.1) is 0 Å². The molecule has 284 valence electrons. The maximum atomic E-state index is 12.1. The summed E-state index contributed by atoms with van der Waals surface area (Å²) >= 11 is 0. The quantitative estimate of drug-likeness (QED) is 0.0499. The van der Waals surface area contributed by atoms with Crippen LogP contribution in [0, 0.1) is 0 Å².